The van der Waals surface area contributed by atoms with Gasteiger partial charge in [-0.05, 0) is 30.9 Å². The van der Waals surface area contributed by atoms with Crippen LogP contribution in [0.25, 0.3) is 0 Å². The third-order valence-corrected chi connectivity index (χ3v) is 5.82. The van der Waals surface area contributed by atoms with E-state index in [0.717, 1.165) is 64.4 Å². The molecule has 1 atom stereocenters. The Morgan fingerprint density at radius 3 is 2.73 bits per heavy atom. The molecule has 3 heterocycles. The Kier molecular flexibility index (Phi) is 5.02. The largest absolute Gasteiger partial charge is 0.340 e. The smallest absolute Gasteiger partial charge is 0.225 e. The van der Waals surface area contributed by atoms with Gasteiger partial charge in [-0.15, -0.1) is 10.2 Å². The maximum absolute atomic E-state index is 13.0. The molecule has 1 unspecified atom stereocenters. The van der Waals surface area contributed by atoms with Gasteiger partial charge in [-0.2, -0.15) is 0 Å². The van der Waals surface area contributed by atoms with Gasteiger partial charge >= 0.3 is 0 Å². The number of piperazine rings is 1. The highest BCUT2D eigenvalue weighted by atomic mass is 16.2. The monoisotopic (exact) mass is 353 g/mol. The summed E-state index contributed by atoms with van der Waals surface area (Å²) in [6.07, 6.45) is 4.42. The molecular weight excluding hydrogens is 326 g/mol. The number of carbonyl (C=O) groups excluding carboxylic acids is 1. The lowest BCUT2D eigenvalue weighted by atomic mass is 9.98. The number of fused-ring (bicyclic) bond motifs is 1. The summed E-state index contributed by atoms with van der Waals surface area (Å²) in [4.78, 5) is 17.5. The maximum Gasteiger partial charge on any atom is 0.225 e. The number of amides is 1. The number of rotatable bonds is 3. The molecule has 0 saturated carbocycles. The van der Waals surface area contributed by atoms with E-state index in [-0.39, 0.29) is 5.92 Å². The Hall–Kier alpha value is -2.21. The molecule has 4 rings (SSSR count). The summed E-state index contributed by atoms with van der Waals surface area (Å²) >= 11 is 0. The second kappa shape index (κ2) is 7.58. The molecule has 0 N–H and O–H groups in total. The quantitative estimate of drug-likeness (QED) is 0.845. The van der Waals surface area contributed by atoms with Crippen LogP contribution in [0.15, 0.2) is 30.6 Å². The topological polar surface area (TPSA) is 54.3 Å². The average molecular weight is 353 g/mol. The molecule has 0 radical (unpaired) electrons. The number of benzene rings is 1. The van der Waals surface area contributed by atoms with Crippen molar-refractivity contribution in [2.75, 3.05) is 26.2 Å². The minimum absolute atomic E-state index is 0.125. The molecule has 0 bridgehead atoms. The van der Waals surface area contributed by atoms with Gasteiger partial charge in [-0.3, -0.25) is 9.69 Å². The van der Waals surface area contributed by atoms with Gasteiger partial charge in [-0.25, -0.2) is 0 Å². The third-order valence-electron chi connectivity index (χ3n) is 5.82. The molecule has 6 nitrogen and oxygen atoms in total. The number of hydrogen-bond acceptors (Lipinski definition) is 4. The van der Waals surface area contributed by atoms with Gasteiger partial charge in [-0.1, -0.05) is 24.3 Å². The first-order chi connectivity index (χ1) is 12.7. The summed E-state index contributed by atoms with van der Waals surface area (Å²) in [6, 6.07) is 8.57. The van der Waals surface area contributed by atoms with Crippen LogP contribution in [0.3, 0.4) is 0 Å². The van der Waals surface area contributed by atoms with Gasteiger partial charge in [0.15, 0.2) is 0 Å². The van der Waals surface area contributed by atoms with Crippen LogP contribution in [0, 0.1) is 12.8 Å². The zero-order chi connectivity index (χ0) is 17.9. The van der Waals surface area contributed by atoms with Crippen molar-refractivity contribution < 1.29 is 4.79 Å². The third kappa shape index (κ3) is 3.65. The van der Waals surface area contributed by atoms with Crippen LogP contribution in [0.5, 0.6) is 0 Å². The van der Waals surface area contributed by atoms with Crippen LogP contribution < -0.4 is 0 Å². The Morgan fingerprint density at radius 2 is 1.92 bits per heavy atom. The van der Waals surface area contributed by atoms with E-state index in [9.17, 15) is 4.79 Å². The molecule has 1 amide bonds. The van der Waals surface area contributed by atoms with Crippen LogP contribution in [0.4, 0.5) is 0 Å². The highest BCUT2D eigenvalue weighted by Crippen LogP contribution is 2.22. The molecule has 2 aromatic rings. The van der Waals surface area contributed by atoms with Crippen molar-refractivity contribution in [3.63, 3.8) is 0 Å². The summed E-state index contributed by atoms with van der Waals surface area (Å²) in [5.41, 5.74) is 2.73. The standard InChI is InChI=1S/C20H27N5O/c1-16-4-2-3-5-18(16)14-23-10-12-24(13-11-23)20(26)17-6-7-19-22-21-15-25(19)9-8-17/h2-5,15,17H,6-14H2,1H3. The minimum atomic E-state index is 0.125. The molecule has 0 spiro atoms. The van der Waals surface area contributed by atoms with Crippen LogP contribution in [-0.2, 0) is 24.3 Å². The predicted molar refractivity (Wildman–Crippen MR) is 99.5 cm³/mol. The van der Waals surface area contributed by atoms with Crippen molar-refractivity contribution in [1.29, 1.82) is 0 Å². The maximum atomic E-state index is 13.0. The normalized spacial score (nSPS) is 21.3. The highest BCUT2D eigenvalue weighted by molar-refractivity contribution is 5.79. The van der Waals surface area contributed by atoms with E-state index in [4.69, 9.17) is 0 Å². The van der Waals surface area contributed by atoms with Gasteiger partial charge in [0.05, 0.1) is 0 Å². The first-order valence-electron chi connectivity index (χ1n) is 9.63. The molecular formula is C20H27N5O. The second-order valence-electron chi connectivity index (χ2n) is 7.49. The van der Waals surface area contributed by atoms with Crippen LogP contribution in [0.2, 0.25) is 0 Å². The summed E-state index contributed by atoms with van der Waals surface area (Å²) in [5, 5.41) is 8.13. The lowest BCUT2D eigenvalue weighted by Crippen LogP contribution is -2.50. The van der Waals surface area contributed by atoms with Crippen molar-refractivity contribution in [1.82, 2.24) is 24.6 Å². The van der Waals surface area contributed by atoms with Crippen molar-refractivity contribution >= 4 is 5.91 Å². The first kappa shape index (κ1) is 17.2. The Morgan fingerprint density at radius 1 is 1.12 bits per heavy atom. The Balaban J connectivity index is 1.30. The summed E-state index contributed by atoms with van der Waals surface area (Å²) in [5.74, 6) is 1.47. The fourth-order valence-corrected chi connectivity index (χ4v) is 4.06. The number of aryl methyl sites for hydroxylation is 3. The van der Waals surface area contributed by atoms with E-state index in [1.165, 1.54) is 11.1 Å². The molecule has 138 valence electrons. The van der Waals surface area contributed by atoms with Gasteiger partial charge in [0.25, 0.3) is 0 Å². The number of aromatic nitrogens is 3. The summed E-state index contributed by atoms with van der Waals surface area (Å²) < 4.78 is 2.09. The second-order valence-corrected chi connectivity index (χ2v) is 7.49. The molecule has 6 heteroatoms. The van der Waals surface area contributed by atoms with Crippen molar-refractivity contribution in [3.8, 4) is 0 Å². The predicted octanol–water partition coefficient (Wildman–Crippen LogP) is 1.88. The van der Waals surface area contributed by atoms with E-state index < -0.39 is 0 Å². The molecule has 0 aliphatic carbocycles. The Bertz CT molecular complexity index is 741. The fraction of sp³-hybridized carbons (Fsp3) is 0.550. The van der Waals surface area contributed by atoms with Crippen LogP contribution >= 0.6 is 0 Å². The first-order valence-corrected chi connectivity index (χ1v) is 9.63. The Labute approximate surface area is 154 Å². The highest BCUT2D eigenvalue weighted by Gasteiger charge is 2.29. The van der Waals surface area contributed by atoms with Crippen molar-refractivity contribution in [3.05, 3.63) is 47.5 Å². The van der Waals surface area contributed by atoms with E-state index in [1.54, 1.807) is 6.33 Å². The number of hydrogen-bond donors (Lipinski definition) is 0. The van der Waals surface area contributed by atoms with E-state index in [2.05, 4.69) is 55.8 Å². The van der Waals surface area contributed by atoms with Crippen molar-refractivity contribution in [2.45, 2.75) is 39.3 Å². The molecule has 1 aromatic heterocycles. The zero-order valence-electron chi connectivity index (χ0n) is 15.5. The van der Waals surface area contributed by atoms with Crippen LogP contribution in [0.1, 0.15) is 29.8 Å². The summed E-state index contributed by atoms with van der Waals surface area (Å²) in [7, 11) is 0. The lowest BCUT2D eigenvalue weighted by Gasteiger charge is -2.36. The molecule has 1 fully saturated rings. The summed E-state index contributed by atoms with van der Waals surface area (Å²) in [6.45, 7) is 7.59. The SMILES string of the molecule is Cc1ccccc1CN1CCN(C(=O)C2CCc3nncn3CC2)CC1. The van der Waals surface area contributed by atoms with Gasteiger partial charge in [0, 0.05) is 51.6 Å². The van der Waals surface area contributed by atoms with Gasteiger partial charge in [0.1, 0.15) is 12.2 Å². The number of carbonyl (C=O) groups is 1. The number of nitrogens with zero attached hydrogens (tertiary/aromatic N) is 5. The van der Waals surface area contributed by atoms with Crippen LogP contribution in [-0.4, -0.2) is 56.7 Å². The van der Waals surface area contributed by atoms with E-state index in [1.807, 2.05) is 0 Å². The molecule has 2 aliphatic rings. The molecule has 1 aromatic carbocycles. The lowest BCUT2D eigenvalue weighted by molar-refractivity contribution is -0.137. The molecule has 26 heavy (non-hydrogen) atoms. The van der Waals surface area contributed by atoms with Gasteiger partial charge in [0.2, 0.25) is 5.91 Å². The fourth-order valence-electron chi connectivity index (χ4n) is 4.06. The minimum Gasteiger partial charge on any atom is -0.340 e. The van der Waals surface area contributed by atoms with E-state index in [0.29, 0.717) is 5.91 Å². The zero-order valence-corrected chi connectivity index (χ0v) is 15.5. The average Bonchev–Trinajstić information content (AvgIpc) is 3.02. The molecule has 2 aliphatic heterocycles. The molecule has 1 saturated heterocycles. The van der Waals surface area contributed by atoms with E-state index >= 15 is 0 Å². The van der Waals surface area contributed by atoms with Crippen molar-refractivity contribution in [2.24, 2.45) is 5.92 Å². The van der Waals surface area contributed by atoms with Gasteiger partial charge < -0.3 is 9.47 Å².